The average molecular weight is 294 g/mol. The summed E-state index contributed by atoms with van der Waals surface area (Å²) in [4.78, 5) is 0. The summed E-state index contributed by atoms with van der Waals surface area (Å²) in [6.07, 6.45) is 0. The van der Waals surface area contributed by atoms with E-state index in [2.05, 4.69) is 4.18 Å². The Labute approximate surface area is 148 Å². The number of benzene rings is 2. The van der Waals surface area contributed by atoms with Crippen LogP contribution >= 0.6 is 0 Å². The topological polar surface area (TPSA) is 66.4 Å². The molecule has 88 valence electrons. The van der Waals surface area contributed by atoms with E-state index in [0.29, 0.717) is 0 Å². The van der Waals surface area contributed by atoms with E-state index in [1.54, 1.807) is 12.1 Å². The summed E-state index contributed by atoms with van der Waals surface area (Å²) in [6.45, 7) is 0. The Balaban J connectivity index is 0.00000162. The third-order valence-corrected chi connectivity index (χ3v) is 2.56. The first-order chi connectivity index (χ1) is 8.04. The number of rotatable bonds is 3. The van der Waals surface area contributed by atoms with Crippen molar-refractivity contribution >= 4 is 10.4 Å². The van der Waals surface area contributed by atoms with Gasteiger partial charge >= 0.3 is 51.4 Å². The molecular formula is C12H9KO4S. The summed E-state index contributed by atoms with van der Waals surface area (Å²) in [5, 5.41) is 0. The Bertz CT molecular complexity index is 594. The van der Waals surface area contributed by atoms with Crippen LogP contribution in [0, 0.1) is 0 Å². The molecule has 18 heavy (non-hydrogen) atoms. The summed E-state index contributed by atoms with van der Waals surface area (Å²) in [5.74, 6) is 0.0136. The second-order valence-corrected chi connectivity index (χ2v) is 4.37. The Morgan fingerprint density at radius 2 is 1.33 bits per heavy atom. The van der Waals surface area contributed by atoms with Crippen LogP contribution in [0.1, 0.15) is 0 Å². The van der Waals surface area contributed by atoms with Crippen LogP contribution in [-0.2, 0) is 10.4 Å². The standard InChI is InChI=1S/C12H10O4S.K/c13-17(14,15)16-12-8-6-11(7-9-12)10-4-2-1-3-5-10;/h1-9H,(H,13,14,15);/q;+1/p-1/i6+1,7+1,8+1,9+1,11+1,12+1;. The maximum Gasteiger partial charge on any atom is 1.00 e. The summed E-state index contributed by atoms with van der Waals surface area (Å²) in [7, 11) is -4.70. The first kappa shape index (κ1) is 15.8. The zero-order chi connectivity index (χ0) is 12.3. The fourth-order valence-electron chi connectivity index (χ4n) is 1.45. The van der Waals surface area contributed by atoms with E-state index >= 15 is 0 Å². The van der Waals surface area contributed by atoms with Gasteiger partial charge in [0.05, 0.1) is 0 Å². The zero-order valence-corrected chi connectivity index (χ0v) is 13.7. The van der Waals surface area contributed by atoms with Crippen molar-refractivity contribution in [3.8, 4) is 16.9 Å². The Morgan fingerprint density at radius 1 is 0.833 bits per heavy atom. The largest absolute Gasteiger partial charge is 1.00 e. The molecule has 0 N–H and O–H groups in total. The maximum atomic E-state index is 10.4. The maximum absolute atomic E-state index is 10.4. The van der Waals surface area contributed by atoms with Gasteiger partial charge in [-0.3, -0.25) is 0 Å². The average Bonchev–Trinajstić information content (AvgIpc) is 2.29. The van der Waals surface area contributed by atoms with Crippen LogP contribution in [-0.4, -0.2) is 13.0 Å². The van der Waals surface area contributed by atoms with Crippen LogP contribution in [0.2, 0.25) is 0 Å². The van der Waals surface area contributed by atoms with Gasteiger partial charge < -0.3 is 8.74 Å². The normalized spacial score (nSPS) is 10.5. The van der Waals surface area contributed by atoms with Crippen LogP contribution in [0.3, 0.4) is 0 Å². The van der Waals surface area contributed by atoms with Crippen molar-refractivity contribution < 1.29 is 68.5 Å². The van der Waals surface area contributed by atoms with Crippen molar-refractivity contribution in [1.82, 2.24) is 0 Å². The summed E-state index contributed by atoms with van der Waals surface area (Å²) < 4.78 is 35.3. The molecule has 0 fully saturated rings. The molecule has 4 nitrogen and oxygen atoms in total. The second-order valence-electron chi connectivity index (χ2n) is 3.38. The van der Waals surface area contributed by atoms with Crippen LogP contribution in [0.25, 0.3) is 11.1 Å². The Kier molecular flexibility index (Phi) is 5.99. The van der Waals surface area contributed by atoms with Gasteiger partial charge in [-0.25, -0.2) is 8.42 Å². The first-order valence-electron chi connectivity index (χ1n) is 4.85. The van der Waals surface area contributed by atoms with E-state index in [1.165, 1.54) is 12.1 Å². The minimum absolute atomic E-state index is 0. The molecule has 0 saturated carbocycles. The van der Waals surface area contributed by atoms with Crippen molar-refractivity contribution in [2.75, 3.05) is 0 Å². The van der Waals surface area contributed by atoms with E-state index in [1.807, 2.05) is 30.3 Å². The smallest absolute Gasteiger partial charge is 0.716 e. The van der Waals surface area contributed by atoms with Crippen LogP contribution < -0.4 is 55.6 Å². The fourth-order valence-corrected chi connectivity index (χ4v) is 1.80. The van der Waals surface area contributed by atoms with E-state index in [9.17, 15) is 13.0 Å². The Hall–Kier alpha value is -0.214. The van der Waals surface area contributed by atoms with E-state index in [4.69, 9.17) is 0 Å². The van der Waals surface area contributed by atoms with Crippen molar-refractivity contribution in [2.24, 2.45) is 0 Å². The number of hydrogen-bond donors (Lipinski definition) is 0. The zero-order valence-electron chi connectivity index (χ0n) is 9.74. The molecule has 2 aromatic carbocycles. The molecule has 2 rings (SSSR count). The predicted octanol–water partition coefficient (Wildman–Crippen LogP) is -0.803. The third-order valence-electron chi connectivity index (χ3n) is 2.16. The van der Waals surface area contributed by atoms with Crippen molar-refractivity contribution in [1.29, 1.82) is 0 Å². The molecule has 0 unspecified atom stereocenters. The predicted molar refractivity (Wildman–Crippen MR) is 62.2 cm³/mol. The van der Waals surface area contributed by atoms with Crippen molar-refractivity contribution in [2.45, 2.75) is 0 Å². The van der Waals surface area contributed by atoms with Gasteiger partial charge in [0, 0.05) is 0 Å². The quantitative estimate of drug-likeness (QED) is 0.422. The van der Waals surface area contributed by atoms with E-state index in [-0.39, 0.29) is 57.1 Å². The molecule has 0 heterocycles. The van der Waals surface area contributed by atoms with E-state index in [0.717, 1.165) is 11.1 Å². The summed E-state index contributed by atoms with van der Waals surface area (Å²) in [5.41, 5.74) is 1.92. The van der Waals surface area contributed by atoms with Crippen LogP contribution in [0.15, 0.2) is 54.6 Å². The molecule has 0 atom stereocenters. The molecule has 0 bridgehead atoms. The molecule has 0 aliphatic heterocycles. The minimum Gasteiger partial charge on any atom is -0.716 e. The fraction of sp³-hybridized carbons (Fsp3) is 0. The van der Waals surface area contributed by atoms with E-state index < -0.39 is 10.4 Å². The minimum atomic E-state index is -4.70. The molecule has 0 aromatic heterocycles. The molecule has 0 saturated heterocycles. The van der Waals surface area contributed by atoms with Gasteiger partial charge in [-0.05, 0) is 23.3 Å². The first-order valence-corrected chi connectivity index (χ1v) is 6.19. The van der Waals surface area contributed by atoms with Gasteiger partial charge in [0.2, 0.25) is 0 Å². The molecular weight excluding hydrogens is 285 g/mol. The third kappa shape index (κ3) is 4.81. The molecule has 6 heteroatoms. The molecule has 0 aliphatic rings. The molecule has 0 radical (unpaired) electrons. The second kappa shape index (κ2) is 6.81. The Morgan fingerprint density at radius 3 is 1.83 bits per heavy atom. The van der Waals surface area contributed by atoms with Crippen LogP contribution in [0.4, 0.5) is 0 Å². The van der Waals surface area contributed by atoms with Crippen molar-refractivity contribution in [3.63, 3.8) is 0 Å². The van der Waals surface area contributed by atoms with Gasteiger partial charge in [0.1, 0.15) is 5.75 Å². The van der Waals surface area contributed by atoms with Crippen molar-refractivity contribution in [3.05, 3.63) is 54.6 Å². The SMILES string of the molecule is O=S(=O)([O-])O[13c]1[13cH][13cH][13c](-c2ccccc2)[13cH][13cH]1.[K+]. The van der Waals surface area contributed by atoms with Gasteiger partial charge in [-0.1, -0.05) is 42.5 Å². The monoisotopic (exact) mass is 294 g/mol. The van der Waals surface area contributed by atoms with Gasteiger partial charge in [0.25, 0.3) is 10.4 Å². The molecule has 0 amide bonds. The van der Waals surface area contributed by atoms with Crippen LogP contribution in [0.5, 0.6) is 5.75 Å². The van der Waals surface area contributed by atoms with Gasteiger partial charge in [0.15, 0.2) is 0 Å². The van der Waals surface area contributed by atoms with Gasteiger partial charge in [-0.15, -0.1) is 0 Å². The molecule has 0 spiro atoms. The molecule has 0 aliphatic carbocycles. The molecule has 2 aromatic rings. The number of hydrogen-bond acceptors (Lipinski definition) is 4. The summed E-state index contributed by atoms with van der Waals surface area (Å²) >= 11 is 0. The van der Waals surface area contributed by atoms with Gasteiger partial charge in [-0.2, -0.15) is 0 Å². The summed E-state index contributed by atoms with van der Waals surface area (Å²) in [6, 6.07) is 15.8.